The molecule has 0 aliphatic carbocycles. The normalized spacial score (nSPS) is 16.9. The van der Waals surface area contributed by atoms with Gasteiger partial charge < -0.3 is 10.0 Å². The summed E-state index contributed by atoms with van der Waals surface area (Å²) < 4.78 is 55.2. The van der Waals surface area contributed by atoms with Crippen LogP contribution >= 0.6 is 0 Å². The first-order valence-corrected chi connectivity index (χ1v) is 10.6. The SMILES string of the molecule is CC(=O)N1c2ccc(S(=O)(=O)NC(CC(=O)O)c3cc(F)cc(F)c3)cc2CC1C. The van der Waals surface area contributed by atoms with Crippen molar-refractivity contribution in [3.05, 3.63) is 59.2 Å². The van der Waals surface area contributed by atoms with Gasteiger partial charge in [0.05, 0.1) is 17.4 Å². The summed E-state index contributed by atoms with van der Waals surface area (Å²) in [7, 11) is -4.22. The number of aliphatic carboxylic acids is 1. The molecule has 2 N–H and O–H groups in total. The predicted molar refractivity (Wildman–Crippen MR) is 104 cm³/mol. The van der Waals surface area contributed by atoms with E-state index >= 15 is 0 Å². The van der Waals surface area contributed by atoms with E-state index in [4.69, 9.17) is 5.11 Å². The molecule has 0 saturated heterocycles. The summed E-state index contributed by atoms with van der Waals surface area (Å²) in [5.41, 5.74) is 1.13. The highest BCUT2D eigenvalue weighted by Crippen LogP contribution is 2.34. The minimum absolute atomic E-state index is 0.126. The van der Waals surface area contributed by atoms with E-state index < -0.39 is 40.1 Å². The Morgan fingerprint density at radius 2 is 1.83 bits per heavy atom. The van der Waals surface area contributed by atoms with Gasteiger partial charge in [0.1, 0.15) is 11.6 Å². The van der Waals surface area contributed by atoms with Gasteiger partial charge in [-0.1, -0.05) is 0 Å². The van der Waals surface area contributed by atoms with E-state index in [1.807, 2.05) is 6.92 Å². The highest BCUT2D eigenvalue weighted by atomic mass is 32.2. The molecule has 0 fully saturated rings. The first kappa shape index (κ1) is 21.8. The number of hydrogen-bond acceptors (Lipinski definition) is 4. The number of sulfonamides is 1. The van der Waals surface area contributed by atoms with Gasteiger partial charge >= 0.3 is 5.97 Å². The molecular formula is C20H20F2N2O5S. The summed E-state index contributed by atoms with van der Waals surface area (Å²) in [5, 5.41) is 9.13. The summed E-state index contributed by atoms with van der Waals surface area (Å²) >= 11 is 0. The molecule has 2 aromatic carbocycles. The third kappa shape index (κ3) is 4.49. The van der Waals surface area contributed by atoms with E-state index in [0.717, 1.165) is 12.1 Å². The van der Waals surface area contributed by atoms with Crippen LogP contribution in [0.25, 0.3) is 0 Å². The van der Waals surface area contributed by atoms with Crippen molar-refractivity contribution >= 4 is 27.6 Å². The Bertz CT molecular complexity index is 1100. The van der Waals surface area contributed by atoms with Crippen molar-refractivity contribution < 1.29 is 31.9 Å². The van der Waals surface area contributed by atoms with Crippen molar-refractivity contribution in [2.24, 2.45) is 0 Å². The van der Waals surface area contributed by atoms with Crippen LogP contribution in [0, 0.1) is 11.6 Å². The molecule has 7 nitrogen and oxygen atoms in total. The Hall–Kier alpha value is -2.85. The van der Waals surface area contributed by atoms with Gasteiger partial charge in [0.25, 0.3) is 0 Å². The third-order valence-corrected chi connectivity index (χ3v) is 6.35. The maximum Gasteiger partial charge on any atom is 0.305 e. The summed E-state index contributed by atoms with van der Waals surface area (Å²) in [6.07, 6.45) is -0.242. The fraction of sp³-hybridized carbons (Fsp3) is 0.300. The van der Waals surface area contributed by atoms with E-state index in [-0.39, 0.29) is 22.4 Å². The number of benzene rings is 2. The van der Waals surface area contributed by atoms with Crippen LogP contribution in [0.1, 0.15) is 37.4 Å². The van der Waals surface area contributed by atoms with Crippen LogP contribution in [0.2, 0.25) is 0 Å². The maximum absolute atomic E-state index is 13.6. The Kier molecular flexibility index (Phi) is 5.91. The van der Waals surface area contributed by atoms with Crippen LogP contribution in [-0.4, -0.2) is 31.4 Å². The van der Waals surface area contributed by atoms with Crippen molar-refractivity contribution in [3.8, 4) is 0 Å². The Morgan fingerprint density at radius 3 is 2.40 bits per heavy atom. The first-order valence-electron chi connectivity index (χ1n) is 9.11. The van der Waals surface area contributed by atoms with E-state index in [2.05, 4.69) is 4.72 Å². The van der Waals surface area contributed by atoms with Crippen LogP contribution in [-0.2, 0) is 26.0 Å². The number of anilines is 1. The number of fused-ring (bicyclic) bond motifs is 1. The van der Waals surface area contributed by atoms with Crippen molar-refractivity contribution in [1.29, 1.82) is 0 Å². The molecule has 160 valence electrons. The van der Waals surface area contributed by atoms with E-state index in [1.54, 1.807) is 4.90 Å². The molecule has 1 aliphatic heterocycles. The number of carbonyl (C=O) groups is 2. The number of amides is 1. The van der Waals surface area contributed by atoms with Crippen molar-refractivity contribution in [3.63, 3.8) is 0 Å². The molecule has 0 saturated carbocycles. The molecule has 0 bridgehead atoms. The fourth-order valence-electron chi connectivity index (χ4n) is 3.69. The molecular weight excluding hydrogens is 418 g/mol. The molecule has 3 rings (SSSR count). The second-order valence-electron chi connectivity index (χ2n) is 7.21. The lowest BCUT2D eigenvalue weighted by Crippen LogP contribution is -2.33. The molecule has 10 heteroatoms. The quantitative estimate of drug-likeness (QED) is 0.722. The predicted octanol–water partition coefficient (Wildman–Crippen LogP) is 2.76. The van der Waals surface area contributed by atoms with Crippen LogP contribution in [0.5, 0.6) is 0 Å². The summed E-state index contributed by atoms with van der Waals surface area (Å²) in [6.45, 7) is 3.27. The van der Waals surface area contributed by atoms with Gasteiger partial charge in [-0.3, -0.25) is 9.59 Å². The number of halogens is 2. The number of carbonyl (C=O) groups excluding carboxylic acids is 1. The van der Waals surface area contributed by atoms with Crippen LogP contribution in [0.4, 0.5) is 14.5 Å². The monoisotopic (exact) mass is 438 g/mol. The average molecular weight is 438 g/mol. The first-order chi connectivity index (χ1) is 14.0. The van der Waals surface area contributed by atoms with Gasteiger partial charge in [0.2, 0.25) is 15.9 Å². The number of nitrogens with zero attached hydrogens (tertiary/aromatic N) is 1. The number of carboxylic acids is 1. The highest BCUT2D eigenvalue weighted by Gasteiger charge is 2.31. The minimum Gasteiger partial charge on any atom is -0.481 e. The zero-order valence-corrected chi connectivity index (χ0v) is 17.0. The summed E-state index contributed by atoms with van der Waals surface area (Å²) in [5.74, 6) is -3.40. The van der Waals surface area contributed by atoms with Gasteiger partial charge in [-0.2, -0.15) is 0 Å². The van der Waals surface area contributed by atoms with E-state index in [9.17, 15) is 26.8 Å². The Morgan fingerprint density at radius 1 is 1.20 bits per heavy atom. The van der Waals surface area contributed by atoms with Gasteiger partial charge in [-0.25, -0.2) is 21.9 Å². The summed E-state index contributed by atoms with van der Waals surface area (Å²) in [6, 6.07) is 5.11. The van der Waals surface area contributed by atoms with Crippen LogP contribution in [0.15, 0.2) is 41.3 Å². The van der Waals surface area contributed by atoms with Gasteiger partial charge in [-0.05, 0) is 54.8 Å². The zero-order chi connectivity index (χ0) is 22.2. The number of carboxylic acid groups (broad SMARTS) is 1. The third-order valence-electron chi connectivity index (χ3n) is 4.88. The molecule has 1 amide bonds. The van der Waals surface area contributed by atoms with Gasteiger partial charge in [-0.15, -0.1) is 0 Å². The molecule has 2 unspecified atom stereocenters. The zero-order valence-electron chi connectivity index (χ0n) is 16.2. The maximum atomic E-state index is 13.6. The number of hydrogen-bond donors (Lipinski definition) is 2. The second kappa shape index (κ2) is 8.11. The molecule has 30 heavy (non-hydrogen) atoms. The molecule has 2 atom stereocenters. The second-order valence-corrected chi connectivity index (χ2v) is 8.92. The topological polar surface area (TPSA) is 104 Å². The van der Waals surface area contributed by atoms with Crippen molar-refractivity contribution in [2.45, 2.75) is 43.7 Å². The van der Waals surface area contributed by atoms with Crippen LogP contribution < -0.4 is 9.62 Å². The Labute approximate surface area is 172 Å². The van der Waals surface area contributed by atoms with Gasteiger partial charge in [0, 0.05) is 24.7 Å². The molecule has 1 heterocycles. The highest BCUT2D eigenvalue weighted by molar-refractivity contribution is 7.89. The Balaban J connectivity index is 1.95. The largest absolute Gasteiger partial charge is 0.481 e. The molecule has 0 radical (unpaired) electrons. The fourth-order valence-corrected chi connectivity index (χ4v) is 4.96. The summed E-state index contributed by atoms with van der Waals surface area (Å²) in [4.78, 5) is 24.5. The lowest BCUT2D eigenvalue weighted by molar-refractivity contribution is -0.137. The van der Waals surface area contributed by atoms with Gasteiger partial charge in [0.15, 0.2) is 0 Å². The van der Waals surface area contributed by atoms with Crippen molar-refractivity contribution in [1.82, 2.24) is 4.72 Å². The number of rotatable bonds is 6. The number of nitrogens with one attached hydrogen (secondary N) is 1. The molecule has 1 aliphatic rings. The average Bonchev–Trinajstić information content (AvgIpc) is 2.94. The molecule has 2 aromatic rings. The lowest BCUT2D eigenvalue weighted by Gasteiger charge is -2.21. The van der Waals surface area contributed by atoms with E-state index in [1.165, 1.54) is 25.1 Å². The van der Waals surface area contributed by atoms with E-state index in [0.29, 0.717) is 23.7 Å². The lowest BCUT2D eigenvalue weighted by atomic mass is 10.0. The minimum atomic E-state index is -4.22. The van der Waals surface area contributed by atoms with Crippen LogP contribution in [0.3, 0.4) is 0 Å². The van der Waals surface area contributed by atoms with Crippen molar-refractivity contribution in [2.75, 3.05) is 4.90 Å². The standard InChI is InChI=1S/C20H20F2N2O5S/c1-11-5-14-8-17(3-4-19(14)24(11)12(2)25)30(28,29)23-18(10-20(26)27)13-6-15(21)9-16(22)7-13/h3-4,6-9,11,18,23H,5,10H2,1-2H3,(H,26,27). The molecule has 0 aromatic heterocycles. The molecule has 0 spiro atoms. The smallest absolute Gasteiger partial charge is 0.305 e.